The summed E-state index contributed by atoms with van der Waals surface area (Å²) >= 11 is 0. The van der Waals surface area contributed by atoms with Gasteiger partial charge in [0.1, 0.15) is 5.41 Å². The summed E-state index contributed by atoms with van der Waals surface area (Å²) in [5, 5.41) is 0. The molecular formula is C10H14F4O2. The number of hydrogen-bond donors (Lipinski definition) is 0. The lowest BCUT2D eigenvalue weighted by atomic mass is 9.66. The van der Waals surface area contributed by atoms with Crippen LogP contribution in [0.1, 0.15) is 26.7 Å². The highest BCUT2D eigenvalue weighted by Gasteiger charge is 2.66. The molecule has 2 nitrogen and oxygen atoms in total. The average Bonchev–Trinajstić information content (AvgIpc) is 2.08. The van der Waals surface area contributed by atoms with E-state index in [0.717, 1.165) is 0 Å². The van der Waals surface area contributed by atoms with Crippen LogP contribution >= 0.6 is 0 Å². The summed E-state index contributed by atoms with van der Waals surface area (Å²) in [7, 11) is 0. The number of carbonyl (C=O) groups excluding carboxylic acids is 1. The molecule has 0 radical (unpaired) electrons. The van der Waals surface area contributed by atoms with Crippen LogP contribution in [0.5, 0.6) is 0 Å². The molecular weight excluding hydrogens is 228 g/mol. The predicted octanol–water partition coefficient (Wildman–Crippen LogP) is 2.87. The van der Waals surface area contributed by atoms with Crippen LogP contribution < -0.4 is 0 Å². The van der Waals surface area contributed by atoms with E-state index in [-0.39, 0.29) is 12.5 Å². The van der Waals surface area contributed by atoms with Gasteiger partial charge in [-0.05, 0) is 5.92 Å². The molecule has 0 aromatic carbocycles. The largest absolute Gasteiger partial charge is 0.465 e. The first-order valence-electron chi connectivity index (χ1n) is 5.03. The third-order valence-corrected chi connectivity index (χ3v) is 2.52. The standard InChI is InChI=1S/C10H14F4O2/c1-6(2)3-16-8(15)9(7(11)12)4-10(13,14)5-9/h6-7H,3-5H2,1-2H3. The van der Waals surface area contributed by atoms with Crippen molar-refractivity contribution in [1.82, 2.24) is 0 Å². The molecule has 1 fully saturated rings. The van der Waals surface area contributed by atoms with E-state index >= 15 is 0 Å². The summed E-state index contributed by atoms with van der Waals surface area (Å²) in [6.45, 7) is 3.44. The second-order valence-electron chi connectivity index (χ2n) is 4.66. The summed E-state index contributed by atoms with van der Waals surface area (Å²) < 4.78 is 55.1. The molecule has 0 N–H and O–H groups in total. The number of rotatable bonds is 4. The smallest absolute Gasteiger partial charge is 0.318 e. The topological polar surface area (TPSA) is 26.3 Å². The van der Waals surface area contributed by atoms with E-state index in [9.17, 15) is 22.4 Å². The van der Waals surface area contributed by atoms with Crippen molar-refractivity contribution in [1.29, 1.82) is 0 Å². The molecule has 1 aliphatic carbocycles. The van der Waals surface area contributed by atoms with Crippen molar-refractivity contribution in [3.05, 3.63) is 0 Å². The Labute approximate surface area is 91.0 Å². The molecule has 0 amide bonds. The third-order valence-electron chi connectivity index (χ3n) is 2.52. The first-order valence-corrected chi connectivity index (χ1v) is 5.03. The second kappa shape index (κ2) is 4.22. The van der Waals surface area contributed by atoms with Crippen LogP contribution in [-0.2, 0) is 9.53 Å². The van der Waals surface area contributed by atoms with Crippen molar-refractivity contribution >= 4 is 5.97 Å². The van der Waals surface area contributed by atoms with Crippen LogP contribution in [0.15, 0.2) is 0 Å². The van der Waals surface area contributed by atoms with Crippen molar-refractivity contribution in [3.8, 4) is 0 Å². The lowest BCUT2D eigenvalue weighted by Gasteiger charge is -2.44. The Kier molecular flexibility index (Phi) is 3.50. The fraction of sp³-hybridized carbons (Fsp3) is 0.900. The van der Waals surface area contributed by atoms with Crippen LogP contribution in [0.2, 0.25) is 0 Å². The molecule has 0 aromatic heterocycles. The summed E-state index contributed by atoms with van der Waals surface area (Å²) in [6, 6.07) is 0. The minimum Gasteiger partial charge on any atom is -0.465 e. The number of alkyl halides is 4. The van der Waals surface area contributed by atoms with Crippen molar-refractivity contribution < 1.29 is 27.1 Å². The lowest BCUT2D eigenvalue weighted by molar-refractivity contribution is -0.228. The molecule has 1 saturated carbocycles. The SMILES string of the molecule is CC(C)COC(=O)C1(C(F)F)CC(F)(F)C1. The zero-order valence-corrected chi connectivity index (χ0v) is 9.10. The van der Waals surface area contributed by atoms with Crippen molar-refractivity contribution in [2.45, 2.75) is 39.0 Å². The molecule has 0 aromatic rings. The van der Waals surface area contributed by atoms with Gasteiger partial charge in [-0.25, -0.2) is 17.6 Å². The van der Waals surface area contributed by atoms with E-state index in [1.807, 2.05) is 0 Å². The molecule has 1 rings (SSSR count). The van der Waals surface area contributed by atoms with Crippen molar-refractivity contribution in [2.24, 2.45) is 11.3 Å². The number of hydrogen-bond acceptors (Lipinski definition) is 2. The van der Waals surface area contributed by atoms with Gasteiger partial charge in [-0.1, -0.05) is 13.8 Å². The molecule has 1 aliphatic rings. The molecule has 16 heavy (non-hydrogen) atoms. The highest BCUT2D eigenvalue weighted by atomic mass is 19.3. The maximum atomic E-state index is 12.6. The summed E-state index contributed by atoms with van der Waals surface area (Å²) in [5.41, 5.74) is -2.29. The molecule has 0 unspecified atom stereocenters. The highest BCUT2D eigenvalue weighted by Crippen LogP contribution is 2.55. The fourth-order valence-electron chi connectivity index (χ4n) is 1.65. The Morgan fingerprint density at radius 1 is 1.31 bits per heavy atom. The Bertz CT molecular complexity index is 268. The van der Waals surface area contributed by atoms with Gasteiger partial charge in [0.15, 0.2) is 0 Å². The average molecular weight is 242 g/mol. The molecule has 0 spiro atoms. The van der Waals surface area contributed by atoms with Gasteiger partial charge in [-0.15, -0.1) is 0 Å². The first-order chi connectivity index (χ1) is 7.19. The van der Waals surface area contributed by atoms with E-state index in [1.54, 1.807) is 13.8 Å². The van der Waals surface area contributed by atoms with E-state index in [2.05, 4.69) is 4.74 Å². The number of carbonyl (C=O) groups is 1. The van der Waals surface area contributed by atoms with Crippen LogP contribution in [0.4, 0.5) is 17.6 Å². The second-order valence-corrected chi connectivity index (χ2v) is 4.66. The van der Waals surface area contributed by atoms with Crippen molar-refractivity contribution in [3.63, 3.8) is 0 Å². The zero-order valence-electron chi connectivity index (χ0n) is 9.10. The molecule has 94 valence electrons. The number of esters is 1. The monoisotopic (exact) mass is 242 g/mol. The van der Waals surface area contributed by atoms with E-state index in [0.29, 0.717) is 0 Å². The van der Waals surface area contributed by atoms with Gasteiger partial charge in [0.05, 0.1) is 6.61 Å². The van der Waals surface area contributed by atoms with E-state index in [1.165, 1.54) is 0 Å². The van der Waals surface area contributed by atoms with E-state index in [4.69, 9.17) is 0 Å². The molecule has 0 heterocycles. The highest BCUT2D eigenvalue weighted by molar-refractivity contribution is 5.79. The first kappa shape index (κ1) is 13.3. The van der Waals surface area contributed by atoms with Gasteiger partial charge < -0.3 is 4.74 Å². The Hall–Kier alpha value is -0.810. The van der Waals surface area contributed by atoms with Crippen LogP contribution in [0, 0.1) is 11.3 Å². The van der Waals surface area contributed by atoms with Gasteiger partial charge in [0.25, 0.3) is 12.3 Å². The predicted molar refractivity (Wildman–Crippen MR) is 48.4 cm³/mol. The van der Waals surface area contributed by atoms with Gasteiger partial charge in [-0.3, -0.25) is 4.79 Å². The Morgan fingerprint density at radius 2 is 1.81 bits per heavy atom. The number of ether oxygens (including phenoxy) is 1. The Morgan fingerprint density at radius 3 is 2.12 bits per heavy atom. The third kappa shape index (κ3) is 2.47. The summed E-state index contributed by atoms with van der Waals surface area (Å²) in [6.07, 6.45) is -5.34. The molecule has 0 aliphatic heterocycles. The lowest BCUT2D eigenvalue weighted by Crippen LogP contribution is -2.56. The number of halogens is 4. The van der Waals surface area contributed by atoms with Gasteiger partial charge in [-0.2, -0.15) is 0 Å². The summed E-state index contributed by atoms with van der Waals surface area (Å²) in [4.78, 5) is 11.3. The minimum atomic E-state index is -3.17. The maximum Gasteiger partial charge on any atom is 0.318 e. The van der Waals surface area contributed by atoms with E-state index < -0.39 is 36.6 Å². The molecule has 0 bridgehead atoms. The van der Waals surface area contributed by atoms with Crippen LogP contribution in [-0.4, -0.2) is 24.9 Å². The maximum absolute atomic E-state index is 12.6. The molecule has 0 saturated heterocycles. The van der Waals surface area contributed by atoms with Gasteiger partial charge in [0.2, 0.25) is 0 Å². The quantitative estimate of drug-likeness (QED) is 0.559. The fourth-order valence-corrected chi connectivity index (χ4v) is 1.65. The van der Waals surface area contributed by atoms with Gasteiger partial charge >= 0.3 is 5.97 Å². The minimum absolute atomic E-state index is 0.0146. The van der Waals surface area contributed by atoms with Crippen LogP contribution in [0.3, 0.4) is 0 Å². The zero-order chi connectivity index (χ0) is 12.6. The summed E-state index contributed by atoms with van der Waals surface area (Å²) in [5.74, 6) is -4.39. The molecule has 0 atom stereocenters. The van der Waals surface area contributed by atoms with Gasteiger partial charge in [0, 0.05) is 12.8 Å². The van der Waals surface area contributed by atoms with Crippen LogP contribution in [0.25, 0.3) is 0 Å². The van der Waals surface area contributed by atoms with Crippen molar-refractivity contribution in [2.75, 3.05) is 6.61 Å². The normalized spacial score (nSPS) is 22.0. The molecule has 6 heteroatoms. The Balaban J connectivity index is 2.63.